The van der Waals surface area contributed by atoms with Gasteiger partial charge in [-0.2, -0.15) is 0 Å². The number of fused-ring (bicyclic) bond motifs is 1. The Morgan fingerprint density at radius 2 is 1.76 bits per heavy atom. The van der Waals surface area contributed by atoms with Gasteiger partial charge in [0.1, 0.15) is 22.9 Å². The molecule has 38 heavy (non-hydrogen) atoms. The molecule has 9 heteroatoms. The molecule has 5 aromatic rings. The van der Waals surface area contributed by atoms with E-state index >= 15 is 0 Å². The Kier molecular flexibility index (Phi) is 6.66. The monoisotopic (exact) mass is 508 g/mol. The van der Waals surface area contributed by atoms with E-state index in [-0.39, 0.29) is 11.6 Å². The number of nitrogens with one attached hydrogen (secondary N) is 2. The van der Waals surface area contributed by atoms with E-state index in [4.69, 9.17) is 14.5 Å². The summed E-state index contributed by atoms with van der Waals surface area (Å²) in [4.78, 5) is 25.4. The number of hydrogen-bond donors (Lipinski definition) is 2. The number of aromatic nitrogens is 4. The summed E-state index contributed by atoms with van der Waals surface area (Å²) in [5.74, 6) is 2.18. The van der Waals surface area contributed by atoms with Gasteiger partial charge in [-0.05, 0) is 55.8 Å². The van der Waals surface area contributed by atoms with Gasteiger partial charge in [0.2, 0.25) is 5.95 Å². The number of aryl methyl sites for hydroxylation is 3. The number of amides is 1. The zero-order valence-corrected chi connectivity index (χ0v) is 21.9. The Morgan fingerprint density at radius 3 is 2.53 bits per heavy atom. The lowest BCUT2D eigenvalue weighted by Gasteiger charge is -2.14. The van der Waals surface area contributed by atoms with Crippen molar-refractivity contribution in [3.63, 3.8) is 0 Å². The van der Waals surface area contributed by atoms with E-state index in [0.717, 1.165) is 39.2 Å². The van der Waals surface area contributed by atoms with Crippen LogP contribution < -0.4 is 20.1 Å². The Hall–Kier alpha value is -4.92. The molecule has 0 spiro atoms. The highest BCUT2D eigenvalue weighted by Crippen LogP contribution is 2.35. The van der Waals surface area contributed by atoms with Gasteiger partial charge in [0.25, 0.3) is 5.91 Å². The summed E-state index contributed by atoms with van der Waals surface area (Å²) < 4.78 is 13.6. The van der Waals surface area contributed by atoms with Gasteiger partial charge in [-0.3, -0.25) is 14.8 Å². The third kappa shape index (κ3) is 4.86. The van der Waals surface area contributed by atoms with Crippen LogP contribution >= 0.6 is 0 Å². The molecule has 1 amide bonds. The molecule has 9 nitrogen and oxygen atoms in total. The molecule has 0 fully saturated rings. The van der Waals surface area contributed by atoms with Crippen LogP contribution in [0.3, 0.4) is 0 Å². The van der Waals surface area contributed by atoms with Crippen LogP contribution in [0, 0.1) is 13.8 Å². The number of hydrogen-bond acceptors (Lipinski definition) is 7. The molecular formula is C29H28N6O3. The first-order valence-corrected chi connectivity index (χ1v) is 12.1. The molecule has 2 aromatic carbocycles. The topological polar surface area (TPSA) is 103 Å². The van der Waals surface area contributed by atoms with Crippen LogP contribution in [0.5, 0.6) is 17.2 Å². The molecule has 0 aliphatic carbocycles. The molecule has 0 atom stereocenters. The number of rotatable bonds is 7. The third-order valence-corrected chi connectivity index (χ3v) is 6.26. The average Bonchev–Trinajstić information content (AvgIpc) is 3.22. The van der Waals surface area contributed by atoms with Crippen molar-refractivity contribution in [2.45, 2.75) is 13.8 Å². The summed E-state index contributed by atoms with van der Waals surface area (Å²) in [6, 6.07) is 19.1. The fraction of sp³-hybridized carbons (Fsp3) is 0.172. The number of nitrogens with zero attached hydrogens (tertiary/aromatic N) is 4. The predicted octanol–water partition coefficient (Wildman–Crippen LogP) is 5.55. The molecule has 0 aliphatic rings. The maximum atomic E-state index is 11.9. The summed E-state index contributed by atoms with van der Waals surface area (Å²) in [5, 5.41) is 5.99. The molecule has 192 valence electrons. The average molecular weight is 509 g/mol. The smallest absolute Gasteiger partial charge is 0.269 e. The molecule has 5 rings (SSSR count). The van der Waals surface area contributed by atoms with Crippen molar-refractivity contribution in [2.75, 3.05) is 19.5 Å². The maximum Gasteiger partial charge on any atom is 0.269 e. The molecule has 0 radical (unpaired) electrons. The van der Waals surface area contributed by atoms with Crippen LogP contribution in [0.4, 0.5) is 11.6 Å². The molecule has 0 unspecified atom stereocenters. The van der Waals surface area contributed by atoms with Gasteiger partial charge < -0.3 is 24.7 Å². The normalized spacial score (nSPS) is 10.9. The number of carbonyl (C=O) groups excluding carboxylic acids is 1. The van der Waals surface area contributed by atoms with Crippen molar-refractivity contribution < 1.29 is 14.3 Å². The van der Waals surface area contributed by atoms with Crippen LogP contribution in [-0.4, -0.2) is 39.6 Å². The number of methoxy groups -OCH3 is 1. The van der Waals surface area contributed by atoms with Gasteiger partial charge in [-0.25, -0.2) is 4.98 Å². The second-order valence-electron chi connectivity index (χ2n) is 8.83. The molecule has 3 heterocycles. The van der Waals surface area contributed by atoms with E-state index in [9.17, 15) is 4.79 Å². The van der Waals surface area contributed by atoms with Crippen LogP contribution in [-0.2, 0) is 7.05 Å². The zero-order chi connectivity index (χ0) is 26.8. The minimum Gasteiger partial charge on any atom is -0.495 e. The lowest BCUT2D eigenvalue weighted by atomic mass is 10.0. The Labute approximate surface area is 220 Å². The van der Waals surface area contributed by atoms with E-state index in [0.29, 0.717) is 23.2 Å². The number of benzene rings is 2. The number of imidazole rings is 1. The first-order chi connectivity index (χ1) is 18.4. The van der Waals surface area contributed by atoms with E-state index in [1.165, 1.54) is 6.20 Å². The zero-order valence-electron chi connectivity index (χ0n) is 21.9. The van der Waals surface area contributed by atoms with Crippen molar-refractivity contribution in [2.24, 2.45) is 7.05 Å². The fourth-order valence-corrected chi connectivity index (χ4v) is 4.30. The molecule has 2 N–H and O–H groups in total. The Balaban J connectivity index is 1.45. The molecule has 0 aliphatic heterocycles. The van der Waals surface area contributed by atoms with Crippen LogP contribution in [0.25, 0.3) is 22.2 Å². The van der Waals surface area contributed by atoms with Crippen LogP contribution in [0.15, 0.2) is 66.9 Å². The number of carbonyl (C=O) groups is 1. The number of anilines is 2. The highest BCUT2D eigenvalue weighted by atomic mass is 16.5. The summed E-state index contributed by atoms with van der Waals surface area (Å²) >= 11 is 0. The minimum atomic E-state index is -0.278. The maximum absolute atomic E-state index is 11.9. The predicted molar refractivity (Wildman–Crippen MR) is 147 cm³/mol. The highest BCUT2D eigenvalue weighted by Gasteiger charge is 2.14. The summed E-state index contributed by atoms with van der Waals surface area (Å²) in [6.07, 6.45) is 1.54. The van der Waals surface area contributed by atoms with Gasteiger partial charge in [-0.15, -0.1) is 0 Å². The highest BCUT2D eigenvalue weighted by molar-refractivity contribution is 5.92. The quantitative estimate of drug-likeness (QED) is 0.297. The second kappa shape index (κ2) is 10.2. The SMILES string of the molecule is CNC(=O)c1cc(Oc2ccc3c(c2)nc(Nc2cc(-c4ccc(C)nc4C)ccc2OC)n3C)ccn1. The van der Waals surface area contributed by atoms with E-state index in [2.05, 4.69) is 26.7 Å². The largest absolute Gasteiger partial charge is 0.495 e. The lowest BCUT2D eigenvalue weighted by molar-refractivity contribution is 0.0958. The van der Waals surface area contributed by atoms with Crippen molar-refractivity contribution >= 4 is 28.6 Å². The van der Waals surface area contributed by atoms with Gasteiger partial charge in [0.15, 0.2) is 0 Å². The van der Waals surface area contributed by atoms with Crippen LogP contribution in [0.1, 0.15) is 21.9 Å². The molecule has 3 aromatic heterocycles. The van der Waals surface area contributed by atoms with Crippen LogP contribution in [0.2, 0.25) is 0 Å². The molecule has 0 saturated carbocycles. The summed E-state index contributed by atoms with van der Waals surface area (Å²) in [5.41, 5.74) is 6.78. The van der Waals surface area contributed by atoms with Gasteiger partial charge >= 0.3 is 0 Å². The van der Waals surface area contributed by atoms with E-state index < -0.39 is 0 Å². The minimum absolute atomic E-state index is 0.278. The van der Waals surface area contributed by atoms with Crippen molar-refractivity contribution in [1.82, 2.24) is 24.8 Å². The first kappa shape index (κ1) is 24.8. The summed E-state index contributed by atoms with van der Waals surface area (Å²) in [7, 11) is 5.15. The molecule has 0 saturated heterocycles. The fourth-order valence-electron chi connectivity index (χ4n) is 4.30. The third-order valence-electron chi connectivity index (χ3n) is 6.26. The van der Waals surface area contributed by atoms with Crippen molar-refractivity contribution in [3.8, 4) is 28.4 Å². The summed E-state index contributed by atoms with van der Waals surface area (Å²) in [6.45, 7) is 4.00. The lowest BCUT2D eigenvalue weighted by Crippen LogP contribution is -2.18. The van der Waals surface area contributed by atoms with Gasteiger partial charge in [0.05, 0.1) is 23.8 Å². The number of ether oxygens (including phenoxy) is 2. The van der Waals surface area contributed by atoms with Crippen molar-refractivity contribution in [3.05, 3.63) is 83.9 Å². The Morgan fingerprint density at radius 1 is 0.947 bits per heavy atom. The van der Waals surface area contributed by atoms with Gasteiger partial charge in [0, 0.05) is 49.4 Å². The standard InChI is InChI=1S/C29H28N6O3/c1-17-6-9-22(18(2)32-17)19-7-11-27(37-5)24(14-19)34-29-33-23-15-20(8-10-26(23)35(29)4)38-21-12-13-31-25(16-21)28(36)30-3/h6-16H,1-5H3,(H,30,36)(H,33,34). The number of pyridine rings is 2. The van der Waals surface area contributed by atoms with Crippen molar-refractivity contribution in [1.29, 1.82) is 0 Å². The second-order valence-corrected chi connectivity index (χ2v) is 8.83. The first-order valence-electron chi connectivity index (χ1n) is 12.1. The molecule has 0 bridgehead atoms. The van der Waals surface area contributed by atoms with E-state index in [1.807, 2.05) is 67.9 Å². The van der Waals surface area contributed by atoms with E-state index in [1.54, 1.807) is 26.3 Å². The van der Waals surface area contributed by atoms with Gasteiger partial charge in [-0.1, -0.05) is 12.1 Å². The molecular weight excluding hydrogens is 480 g/mol. The Bertz CT molecular complexity index is 1660.